The van der Waals surface area contributed by atoms with E-state index >= 15 is 0 Å². The minimum absolute atomic E-state index is 0.114. The molecule has 0 unspecified atom stereocenters. The van der Waals surface area contributed by atoms with Gasteiger partial charge in [0.1, 0.15) is 0 Å². The van der Waals surface area contributed by atoms with E-state index in [9.17, 15) is 0 Å². The third-order valence-electron chi connectivity index (χ3n) is 1.67. The molecule has 0 aromatic rings. The summed E-state index contributed by atoms with van der Waals surface area (Å²) in [5.74, 6) is 0. The van der Waals surface area contributed by atoms with Crippen molar-refractivity contribution in [2.45, 2.75) is 39.8 Å². The third kappa shape index (κ3) is 3.50. The molecule has 0 radical (unpaired) electrons. The molecule has 0 fully saturated rings. The van der Waals surface area contributed by atoms with Crippen LogP contribution < -0.4 is 4.65 Å². The van der Waals surface area contributed by atoms with E-state index in [0.29, 0.717) is 12.1 Å². The van der Waals surface area contributed by atoms with E-state index in [-0.39, 0.29) is 9.84 Å². The summed E-state index contributed by atoms with van der Waals surface area (Å²) >= 11 is 0. The fourth-order valence-electron chi connectivity index (χ4n) is 1.14. The molecule has 1 N–H and O–H groups in total. The summed E-state index contributed by atoms with van der Waals surface area (Å²) in [6.45, 7) is 9.08. The highest BCUT2D eigenvalue weighted by Crippen LogP contribution is 2.00. The van der Waals surface area contributed by atoms with E-state index < -0.39 is 0 Å². The van der Waals surface area contributed by atoms with Crippen LogP contribution in [0.1, 0.15) is 27.7 Å². The molecule has 0 amide bonds. The van der Waals surface area contributed by atoms with Gasteiger partial charge in [-0.1, -0.05) is 27.7 Å². The van der Waals surface area contributed by atoms with E-state index in [4.69, 9.17) is 0 Å². The minimum atomic E-state index is -0.114. The van der Waals surface area contributed by atoms with Crippen molar-refractivity contribution in [3.8, 4) is 0 Å². The van der Waals surface area contributed by atoms with Gasteiger partial charge in [-0.15, -0.1) is 0 Å². The Balaban J connectivity index is 3.73. The van der Waals surface area contributed by atoms with Crippen LogP contribution in [0.3, 0.4) is 0 Å². The summed E-state index contributed by atoms with van der Waals surface area (Å²) < 4.78 is 6.01. The fraction of sp³-hybridized carbons (Fsp3) is 1.00. The Kier molecular flexibility index (Phi) is 5.24. The first-order chi connectivity index (χ1) is 4.59. The van der Waals surface area contributed by atoms with Gasteiger partial charge in [0.2, 0.25) is 0 Å². The number of nitrogens with one attached hydrogen (secondary N) is 1. The standard InChI is InChI=1S/C6H20N2Si2/c1-5(2)8(6(3)4)10-7-9/h5-7H,10H2,1-4,9H3. The maximum atomic E-state index is 3.43. The second-order valence-electron chi connectivity index (χ2n) is 3.21. The molecule has 0 aliphatic rings. The Bertz CT molecular complexity index is 77.8. The molecule has 0 saturated heterocycles. The van der Waals surface area contributed by atoms with Crippen LogP contribution in [-0.4, -0.2) is 36.9 Å². The van der Waals surface area contributed by atoms with Crippen molar-refractivity contribution in [2.75, 3.05) is 0 Å². The van der Waals surface area contributed by atoms with Crippen LogP contribution in [-0.2, 0) is 0 Å². The van der Waals surface area contributed by atoms with Crippen LogP contribution in [0, 0.1) is 0 Å². The summed E-state index contributed by atoms with van der Waals surface area (Å²) in [5, 5.41) is 0. The van der Waals surface area contributed by atoms with Gasteiger partial charge in [-0.25, -0.2) is 0 Å². The Morgan fingerprint density at radius 1 is 1.20 bits per heavy atom. The minimum Gasteiger partial charge on any atom is -0.360 e. The molecule has 0 aliphatic carbocycles. The van der Waals surface area contributed by atoms with Crippen molar-refractivity contribution in [1.29, 1.82) is 0 Å². The van der Waals surface area contributed by atoms with E-state index in [1.807, 2.05) is 0 Å². The average molecular weight is 176 g/mol. The molecule has 0 aromatic heterocycles. The number of hydrogen-bond acceptors (Lipinski definition) is 2. The van der Waals surface area contributed by atoms with Crippen molar-refractivity contribution in [1.82, 2.24) is 9.21 Å². The SMILES string of the molecule is CC(C)N([SiH2]N[SiH3])C(C)C. The molecule has 0 saturated carbocycles. The zero-order valence-corrected chi connectivity index (χ0v) is 11.2. The highest BCUT2D eigenvalue weighted by molar-refractivity contribution is 6.39. The van der Waals surface area contributed by atoms with Gasteiger partial charge in [-0.2, -0.15) is 0 Å². The quantitative estimate of drug-likeness (QED) is 0.551. The molecular formula is C6H20N2Si2. The molecule has 0 aliphatic heterocycles. The molecule has 0 atom stereocenters. The Morgan fingerprint density at radius 2 is 1.60 bits per heavy atom. The van der Waals surface area contributed by atoms with Crippen LogP contribution in [0.5, 0.6) is 0 Å². The molecule has 0 bridgehead atoms. The van der Waals surface area contributed by atoms with Crippen LogP contribution in [0.15, 0.2) is 0 Å². The summed E-state index contributed by atoms with van der Waals surface area (Å²) in [5.41, 5.74) is 0. The first kappa shape index (κ1) is 10.4. The van der Waals surface area contributed by atoms with E-state index in [2.05, 4.69) is 36.9 Å². The fourth-order valence-corrected chi connectivity index (χ4v) is 3.33. The van der Waals surface area contributed by atoms with Crippen molar-refractivity contribution >= 4 is 20.2 Å². The number of hydrogen-bond donors (Lipinski definition) is 1. The Morgan fingerprint density at radius 3 is 1.70 bits per heavy atom. The van der Waals surface area contributed by atoms with Gasteiger partial charge in [-0.3, -0.25) is 0 Å². The molecular weight excluding hydrogens is 156 g/mol. The first-order valence-electron chi connectivity index (χ1n) is 4.00. The number of nitrogens with zero attached hydrogens (tertiary/aromatic N) is 1. The normalized spacial score (nSPS) is 13.5. The van der Waals surface area contributed by atoms with Crippen LogP contribution in [0.2, 0.25) is 0 Å². The maximum absolute atomic E-state index is 3.43. The largest absolute Gasteiger partial charge is 0.360 e. The molecule has 0 rings (SSSR count). The lowest BCUT2D eigenvalue weighted by Crippen LogP contribution is -2.45. The smallest absolute Gasteiger partial charge is 0.163 e. The predicted molar refractivity (Wildman–Crippen MR) is 53.7 cm³/mol. The van der Waals surface area contributed by atoms with E-state index in [1.54, 1.807) is 0 Å². The van der Waals surface area contributed by atoms with Gasteiger partial charge < -0.3 is 9.21 Å². The molecule has 2 nitrogen and oxygen atoms in total. The van der Waals surface area contributed by atoms with Crippen molar-refractivity contribution in [3.05, 3.63) is 0 Å². The maximum Gasteiger partial charge on any atom is 0.163 e. The van der Waals surface area contributed by atoms with Crippen LogP contribution in [0.25, 0.3) is 0 Å². The van der Waals surface area contributed by atoms with Crippen LogP contribution >= 0.6 is 0 Å². The highest BCUT2D eigenvalue weighted by atomic mass is 28.3. The summed E-state index contributed by atoms with van der Waals surface area (Å²) in [7, 11) is 1.03. The summed E-state index contributed by atoms with van der Waals surface area (Å²) in [6.07, 6.45) is 0. The second-order valence-corrected chi connectivity index (χ2v) is 7.09. The molecule has 0 spiro atoms. The van der Waals surface area contributed by atoms with E-state index in [1.165, 1.54) is 0 Å². The van der Waals surface area contributed by atoms with Gasteiger partial charge in [0.15, 0.2) is 9.84 Å². The Labute approximate surface area is 69.9 Å². The third-order valence-corrected chi connectivity index (χ3v) is 4.76. The molecule has 0 heterocycles. The lowest BCUT2D eigenvalue weighted by atomic mass is 10.3. The zero-order valence-electron chi connectivity index (χ0n) is 7.81. The van der Waals surface area contributed by atoms with Gasteiger partial charge in [0.25, 0.3) is 0 Å². The Hall–Kier alpha value is 0.354. The lowest BCUT2D eigenvalue weighted by Gasteiger charge is -2.29. The lowest BCUT2D eigenvalue weighted by molar-refractivity contribution is 0.310. The first-order valence-corrected chi connectivity index (χ1v) is 6.34. The van der Waals surface area contributed by atoms with Gasteiger partial charge >= 0.3 is 0 Å². The second kappa shape index (κ2) is 5.06. The monoisotopic (exact) mass is 176 g/mol. The predicted octanol–water partition coefficient (Wildman–Crippen LogP) is -1.03. The topological polar surface area (TPSA) is 15.3 Å². The van der Waals surface area contributed by atoms with Gasteiger partial charge in [0, 0.05) is 0 Å². The average Bonchev–Trinajstić information content (AvgIpc) is 1.81. The van der Waals surface area contributed by atoms with Gasteiger partial charge in [0.05, 0.1) is 10.4 Å². The van der Waals surface area contributed by atoms with Crippen molar-refractivity contribution < 1.29 is 0 Å². The molecule has 62 valence electrons. The molecule has 4 heteroatoms. The molecule has 10 heavy (non-hydrogen) atoms. The number of rotatable bonds is 4. The van der Waals surface area contributed by atoms with Gasteiger partial charge in [-0.05, 0) is 12.1 Å². The van der Waals surface area contributed by atoms with E-state index in [0.717, 1.165) is 10.4 Å². The van der Waals surface area contributed by atoms with Crippen molar-refractivity contribution in [2.24, 2.45) is 0 Å². The zero-order chi connectivity index (χ0) is 8.15. The van der Waals surface area contributed by atoms with Crippen molar-refractivity contribution in [3.63, 3.8) is 0 Å². The van der Waals surface area contributed by atoms with Crippen LogP contribution in [0.4, 0.5) is 0 Å². The summed E-state index contributed by atoms with van der Waals surface area (Å²) in [4.78, 5) is 0. The summed E-state index contributed by atoms with van der Waals surface area (Å²) in [6, 6.07) is 1.43. The highest BCUT2D eigenvalue weighted by Gasteiger charge is 2.10. The molecule has 0 aromatic carbocycles.